The van der Waals surface area contributed by atoms with Crippen molar-refractivity contribution >= 4 is 17.6 Å². The topological polar surface area (TPSA) is 66.8 Å². The van der Waals surface area contributed by atoms with E-state index in [1.807, 2.05) is 0 Å². The number of halogens is 2. The van der Waals surface area contributed by atoms with E-state index >= 15 is 0 Å². The summed E-state index contributed by atoms with van der Waals surface area (Å²) in [5.74, 6) is -1.41. The van der Waals surface area contributed by atoms with Crippen LogP contribution in [0.15, 0.2) is 18.2 Å². The maximum absolute atomic E-state index is 13.5. The van der Waals surface area contributed by atoms with Crippen LogP contribution in [-0.4, -0.2) is 28.9 Å². The molecule has 18 heavy (non-hydrogen) atoms. The van der Waals surface area contributed by atoms with E-state index in [-0.39, 0.29) is 17.2 Å². The van der Waals surface area contributed by atoms with Crippen molar-refractivity contribution in [1.82, 2.24) is 0 Å². The fourth-order valence-corrected chi connectivity index (χ4v) is 1.76. The van der Waals surface area contributed by atoms with E-state index in [1.165, 1.54) is 12.1 Å². The predicted octanol–water partition coefficient (Wildman–Crippen LogP) is 1.83. The minimum Gasteiger partial charge on any atom is -0.466 e. The van der Waals surface area contributed by atoms with Crippen molar-refractivity contribution in [2.24, 2.45) is 0 Å². The molecule has 2 atom stereocenters. The Morgan fingerprint density at radius 1 is 1.50 bits per heavy atom. The highest BCUT2D eigenvalue weighted by molar-refractivity contribution is 6.31. The minimum absolute atomic E-state index is 0.00888. The molecule has 4 nitrogen and oxygen atoms in total. The molecule has 0 aromatic heterocycles. The average molecular weight is 277 g/mol. The van der Waals surface area contributed by atoms with Gasteiger partial charge in [0.25, 0.3) is 0 Å². The molecule has 0 aliphatic rings. The molecule has 1 rings (SSSR count). The van der Waals surface area contributed by atoms with Crippen LogP contribution < -0.4 is 0 Å². The zero-order chi connectivity index (χ0) is 13.7. The Balaban J connectivity index is 2.80. The number of ether oxygens (including phenoxy) is 1. The molecule has 0 amide bonds. The van der Waals surface area contributed by atoms with Crippen LogP contribution in [0.1, 0.15) is 25.0 Å². The van der Waals surface area contributed by atoms with Crippen LogP contribution in [-0.2, 0) is 9.53 Å². The van der Waals surface area contributed by atoms with Crippen molar-refractivity contribution in [3.05, 3.63) is 34.6 Å². The summed E-state index contributed by atoms with van der Waals surface area (Å²) in [6.07, 6.45) is -3.48. The smallest absolute Gasteiger partial charge is 0.308 e. The maximum Gasteiger partial charge on any atom is 0.308 e. The fourth-order valence-electron chi connectivity index (χ4n) is 1.49. The van der Waals surface area contributed by atoms with Gasteiger partial charge in [-0.25, -0.2) is 4.39 Å². The molecule has 2 N–H and O–H groups in total. The molecule has 1 aromatic carbocycles. The van der Waals surface area contributed by atoms with Crippen LogP contribution in [0.2, 0.25) is 5.02 Å². The summed E-state index contributed by atoms with van der Waals surface area (Å²) in [5.41, 5.74) is -0.226. The van der Waals surface area contributed by atoms with Crippen LogP contribution in [0.4, 0.5) is 4.39 Å². The van der Waals surface area contributed by atoms with Crippen molar-refractivity contribution in [2.45, 2.75) is 25.6 Å². The molecule has 0 bridgehead atoms. The van der Waals surface area contributed by atoms with E-state index in [4.69, 9.17) is 11.6 Å². The zero-order valence-corrected chi connectivity index (χ0v) is 10.5. The Kier molecular flexibility index (Phi) is 5.53. The van der Waals surface area contributed by atoms with Crippen molar-refractivity contribution in [1.29, 1.82) is 0 Å². The first-order valence-electron chi connectivity index (χ1n) is 5.43. The van der Waals surface area contributed by atoms with Gasteiger partial charge in [-0.15, -0.1) is 0 Å². The van der Waals surface area contributed by atoms with Gasteiger partial charge < -0.3 is 14.9 Å². The lowest BCUT2D eigenvalue weighted by Crippen LogP contribution is -2.24. The van der Waals surface area contributed by atoms with Gasteiger partial charge in [-0.1, -0.05) is 17.7 Å². The van der Waals surface area contributed by atoms with Crippen molar-refractivity contribution in [3.8, 4) is 0 Å². The molecule has 0 saturated heterocycles. The standard InChI is InChI=1S/C12H14ClFO4/c1-2-18-10(16)6-9(15)12(17)11-7(13)4-3-5-8(11)14/h3-5,9,12,15,17H,2,6H2,1H3. The van der Waals surface area contributed by atoms with Gasteiger partial charge in [-0.2, -0.15) is 0 Å². The minimum atomic E-state index is -1.58. The lowest BCUT2D eigenvalue weighted by molar-refractivity contribution is -0.147. The number of carbonyl (C=O) groups is 1. The number of carbonyl (C=O) groups excluding carboxylic acids is 1. The number of esters is 1. The van der Waals surface area contributed by atoms with Crippen molar-refractivity contribution in [3.63, 3.8) is 0 Å². The highest BCUT2D eigenvalue weighted by Gasteiger charge is 2.26. The lowest BCUT2D eigenvalue weighted by Gasteiger charge is -2.19. The number of rotatable bonds is 5. The second-order valence-electron chi connectivity index (χ2n) is 3.66. The van der Waals surface area contributed by atoms with Crippen LogP contribution in [0.5, 0.6) is 0 Å². The van der Waals surface area contributed by atoms with E-state index in [0.717, 1.165) is 6.07 Å². The summed E-state index contributed by atoms with van der Waals surface area (Å²) in [6, 6.07) is 3.88. The summed E-state index contributed by atoms with van der Waals surface area (Å²) >= 11 is 5.74. The molecular weight excluding hydrogens is 263 g/mol. The summed E-state index contributed by atoms with van der Waals surface area (Å²) in [5, 5.41) is 19.4. The Labute approximate surface area is 109 Å². The van der Waals surface area contributed by atoms with Gasteiger partial charge in [0.2, 0.25) is 0 Å². The molecule has 0 fully saturated rings. The van der Waals surface area contributed by atoms with Crippen LogP contribution in [0.3, 0.4) is 0 Å². The van der Waals surface area contributed by atoms with Gasteiger partial charge in [0.05, 0.1) is 19.1 Å². The predicted molar refractivity (Wildman–Crippen MR) is 63.6 cm³/mol. The first kappa shape index (κ1) is 14.9. The van der Waals surface area contributed by atoms with E-state index in [0.29, 0.717) is 0 Å². The van der Waals surface area contributed by atoms with Crippen LogP contribution in [0.25, 0.3) is 0 Å². The Bertz CT molecular complexity index is 404. The highest BCUT2D eigenvalue weighted by atomic mass is 35.5. The highest BCUT2D eigenvalue weighted by Crippen LogP contribution is 2.28. The van der Waals surface area contributed by atoms with Gasteiger partial charge >= 0.3 is 5.97 Å². The van der Waals surface area contributed by atoms with E-state index < -0.39 is 30.4 Å². The molecule has 6 heteroatoms. The van der Waals surface area contributed by atoms with Gasteiger partial charge in [0, 0.05) is 10.6 Å². The number of aliphatic hydroxyl groups excluding tert-OH is 2. The molecule has 100 valence electrons. The SMILES string of the molecule is CCOC(=O)CC(O)C(O)c1c(F)cccc1Cl. The largest absolute Gasteiger partial charge is 0.466 e. The summed E-state index contributed by atoms with van der Waals surface area (Å²) < 4.78 is 18.1. The van der Waals surface area contributed by atoms with Gasteiger partial charge in [0.15, 0.2) is 0 Å². The molecule has 2 unspecified atom stereocenters. The Morgan fingerprint density at radius 3 is 2.72 bits per heavy atom. The van der Waals surface area contributed by atoms with Crippen LogP contribution in [0, 0.1) is 5.82 Å². The third-order valence-electron chi connectivity index (χ3n) is 2.34. The first-order valence-corrected chi connectivity index (χ1v) is 5.80. The second-order valence-corrected chi connectivity index (χ2v) is 4.06. The number of hydrogen-bond donors (Lipinski definition) is 2. The normalized spacial score (nSPS) is 14.1. The third-order valence-corrected chi connectivity index (χ3v) is 2.67. The number of benzene rings is 1. The van der Waals surface area contributed by atoms with Crippen LogP contribution >= 0.6 is 11.6 Å². The second kappa shape index (κ2) is 6.68. The first-order chi connectivity index (χ1) is 8.47. The molecule has 0 aliphatic carbocycles. The summed E-state index contributed by atoms with van der Waals surface area (Å²) in [7, 11) is 0. The molecule has 0 aliphatic heterocycles. The average Bonchev–Trinajstić information content (AvgIpc) is 2.28. The Morgan fingerprint density at radius 2 is 2.17 bits per heavy atom. The van der Waals surface area contributed by atoms with Gasteiger partial charge in [-0.3, -0.25) is 4.79 Å². The molecule has 1 aromatic rings. The summed E-state index contributed by atoms with van der Waals surface area (Å²) in [4.78, 5) is 11.1. The molecule has 0 spiro atoms. The molecule has 0 heterocycles. The van der Waals surface area contributed by atoms with Crippen molar-refractivity contribution in [2.75, 3.05) is 6.61 Å². The number of hydrogen-bond acceptors (Lipinski definition) is 4. The zero-order valence-electron chi connectivity index (χ0n) is 9.77. The van der Waals surface area contributed by atoms with E-state index in [1.54, 1.807) is 6.92 Å². The quantitative estimate of drug-likeness (QED) is 0.805. The van der Waals surface area contributed by atoms with Gasteiger partial charge in [0.1, 0.15) is 11.9 Å². The van der Waals surface area contributed by atoms with Crippen molar-refractivity contribution < 1.29 is 24.1 Å². The molecular formula is C12H14ClFO4. The summed E-state index contributed by atoms with van der Waals surface area (Å²) in [6.45, 7) is 1.79. The van der Waals surface area contributed by atoms with E-state index in [2.05, 4.69) is 4.74 Å². The number of aliphatic hydroxyl groups is 2. The third kappa shape index (κ3) is 3.66. The van der Waals surface area contributed by atoms with Gasteiger partial charge in [-0.05, 0) is 19.1 Å². The monoisotopic (exact) mass is 276 g/mol. The maximum atomic E-state index is 13.5. The lowest BCUT2D eigenvalue weighted by atomic mass is 10.0. The fraction of sp³-hybridized carbons (Fsp3) is 0.417. The molecule has 0 saturated carbocycles. The Hall–Kier alpha value is -1.17. The van der Waals surface area contributed by atoms with E-state index in [9.17, 15) is 19.4 Å². The molecule has 0 radical (unpaired) electrons.